The molecule has 18 heavy (non-hydrogen) atoms. The Morgan fingerprint density at radius 3 is 2.33 bits per heavy atom. The van der Waals surface area contributed by atoms with Gasteiger partial charge in [0.15, 0.2) is 0 Å². The van der Waals surface area contributed by atoms with Gasteiger partial charge in [-0.2, -0.15) is 0 Å². The molecule has 6 heteroatoms. The smallest absolute Gasteiger partial charge is 0.329 e. The van der Waals surface area contributed by atoms with Crippen molar-refractivity contribution in [2.75, 3.05) is 19.7 Å². The van der Waals surface area contributed by atoms with E-state index in [2.05, 4.69) is 0 Å². The minimum Gasteiger partial charge on any atom is -0.480 e. The van der Waals surface area contributed by atoms with Crippen molar-refractivity contribution in [2.45, 2.75) is 39.3 Å². The van der Waals surface area contributed by atoms with Crippen molar-refractivity contribution in [3.8, 4) is 0 Å². The number of rotatable bonds is 4. The summed E-state index contributed by atoms with van der Waals surface area (Å²) in [6.45, 7) is 7.97. The van der Waals surface area contributed by atoms with Gasteiger partial charge in [0.2, 0.25) is 5.91 Å². The second-order valence-corrected chi connectivity index (χ2v) is 6.17. The molecule has 104 valence electrons. The van der Waals surface area contributed by atoms with E-state index in [0.29, 0.717) is 13.1 Å². The van der Waals surface area contributed by atoms with Gasteiger partial charge in [0.05, 0.1) is 19.1 Å². The summed E-state index contributed by atoms with van der Waals surface area (Å²) in [5, 5.41) is 8.54. The second kappa shape index (κ2) is 4.85. The first-order valence-electron chi connectivity index (χ1n) is 5.95. The van der Waals surface area contributed by atoms with Crippen LogP contribution in [0, 0.1) is 5.41 Å². The molecule has 6 nitrogen and oxygen atoms in total. The third-order valence-electron chi connectivity index (χ3n) is 3.11. The zero-order valence-electron chi connectivity index (χ0n) is 11.4. The quantitative estimate of drug-likeness (QED) is 0.744. The Labute approximate surface area is 107 Å². The number of nitrogens with two attached hydrogens (primary N) is 1. The summed E-state index contributed by atoms with van der Waals surface area (Å²) in [6, 6.07) is -0.554. The van der Waals surface area contributed by atoms with E-state index < -0.39 is 17.6 Å². The van der Waals surface area contributed by atoms with Gasteiger partial charge in [-0.05, 0) is 12.3 Å². The Hall–Kier alpha value is -1.14. The van der Waals surface area contributed by atoms with Crippen LogP contribution in [0.1, 0.15) is 27.7 Å². The lowest BCUT2D eigenvalue weighted by Crippen LogP contribution is -2.67. The van der Waals surface area contributed by atoms with E-state index in [9.17, 15) is 9.59 Å². The van der Waals surface area contributed by atoms with Crippen molar-refractivity contribution >= 4 is 11.9 Å². The first kappa shape index (κ1) is 14.9. The molecule has 0 radical (unpaired) electrons. The Balaban J connectivity index is 2.46. The molecule has 1 fully saturated rings. The Kier molecular flexibility index (Phi) is 4.02. The number of likely N-dealkylation sites (tertiary alicyclic amines) is 1. The lowest BCUT2D eigenvalue weighted by molar-refractivity contribution is -0.175. The summed E-state index contributed by atoms with van der Waals surface area (Å²) in [4.78, 5) is 24.1. The van der Waals surface area contributed by atoms with Crippen LogP contribution in [-0.4, -0.2) is 53.2 Å². The standard InChI is InChI=1S/C12H22N2O4/c1-11(2,3)9(13)10(17)14-6-12(4,7-14)18-5-8(15)16/h9H,5-7,13H2,1-4H3,(H,15,16)/t9-/m0/s1. The van der Waals surface area contributed by atoms with Gasteiger partial charge in [-0.1, -0.05) is 20.8 Å². The topological polar surface area (TPSA) is 92.9 Å². The molecular weight excluding hydrogens is 236 g/mol. The van der Waals surface area contributed by atoms with Crippen LogP contribution >= 0.6 is 0 Å². The van der Waals surface area contributed by atoms with E-state index in [1.54, 1.807) is 11.8 Å². The highest BCUT2D eigenvalue weighted by molar-refractivity contribution is 5.83. The van der Waals surface area contributed by atoms with Gasteiger partial charge < -0.3 is 20.5 Å². The number of ether oxygens (including phenoxy) is 1. The van der Waals surface area contributed by atoms with Crippen molar-refractivity contribution < 1.29 is 19.4 Å². The lowest BCUT2D eigenvalue weighted by Gasteiger charge is -2.48. The van der Waals surface area contributed by atoms with Crippen molar-refractivity contribution in [3.05, 3.63) is 0 Å². The van der Waals surface area contributed by atoms with E-state index >= 15 is 0 Å². The molecule has 1 aliphatic heterocycles. The number of aliphatic carboxylic acids is 1. The van der Waals surface area contributed by atoms with E-state index in [4.69, 9.17) is 15.6 Å². The normalized spacial score (nSPS) is 20.2. The van der Waals surface area contributed by atoms with Crippen LogP contribution in [0.4, 0.5) is 0 Å². The van der Waals surface area contributed by atoms with Crippen LogP contribution in [0.25, 0.3) is 0 Å². The molecule has 0 spiro atoms. The third-order valence-corrected chi connectivity index (χ3v) is 3.11. The fourth-order valence-electron chi connectivity index (χ4n) is 1.81. The van der Waals surface area contributed by atoms with Crippen LogP contribution in [-0.2, 0) is 14.3 Å². The predicted octanol–water partition coefficient (Wildman–Crippen LogP) is 0.0619. The minimum atomic E-state index is -1.01. The Morgan fingerprint density at radius 2 is 1.94 bits per heavy atom. The predicted molar refractivity (Wildman–Crippen MR) is 66.0 cm³/mol. The summed E-state index contributed by atoms with van der Waals surface area (Å²) in [5.41, 5.74) is 5.04. The van der Waals surface area contributed by atoms with E-state index in [0.717, 1.165) is 0 Å². The average molecular weight is 258 g/mol. The van der Waals surface area contributed by atoms with Crippen molar-refractivity contribution in [2.24, 2.45) is 11.1 Å². The van der Waals surface area contributed by atoms with E-state index in [1.807, 2.05) is 20.8 Å². The molecule has 0 aromatic carbocycles. The molecule has 0 aromatic heterocycles. The molecule has 1 aliphatic rings. The molecule has 1 atom stereocenters. The highest BCUT2D eigenvalue weighted by Gasteiger charge is 2.45. The Bertz CT molecular complexity index is 342. The van der Waals surface area contributed by atoms with Gasteiger partial charge in [-0.25, -0.2) is 4.79 Å². The fraction of sp³-hybridized carbons (Fsp3) is 0.833. The molecule has 0 aromatic rings. The van der Waals surface area contributed by atoms with Gasteiger partial charge >= 0.3 is 5.97 Å². The molecule has 0 unspecified atom stereocenters. The molecule has 1 amide bonds. The number of carboxylic acids is 1. The minimum absolute atomic E-state index is 0.112. The number of carbonyl (C=O) groups excluding carboxylic acids is 1. The molecule has 0 bridgehead atoms. The molecule has 3 N–H and O–H groups in total. The van der Waals surface area contributed by atoms with Gasteiger partial charge in [0.1, 0.15) is 12.2 Å². The summed E-state index contributed by atoms with van der Waals surface area (Å²) < 4.78 is 5.24. The van der Waals surface area contributed by atoms with E-state index in [-0.39, 0.29) is 17.9 Å². The monoisotopic (exact) mass is 258 g/mol. The zero-order chi connectivity index (χ0) is 14.1. The third kappa shape index (κ3) is 3.43. The molecule has 1 saturated heterocycles. The van der Waals surface area contributed by atoms with Gasteiger partial charge in [-0.15, -0.1) is 0 Å². The molecule has 1 heterocycles. The molecule has 0 aliphatic carbocycles. The highest BCUT2D eigenvalue weighted by atomic mass is 16.5. The maximum atomic E-state index is 12.0. The summed E-state index contributed by atoms with van der Waals surface area (Å²) >= 11 is 0. The molecular formula is C12H22N2O4. The number of amides is 1. The van der Waals surface area contributed by atoms with Crippen LogP contribution in [0.2, 0.25) is 0 Å². The van der Waals surface area contributed by atoms with Crippen LogP contribution in [0.15, 0.2) is 0 Å². The SMILES string of the molecule is CC1(OCC(=O)O)CN(C(=O)[C@H](N)C(C)(C)C)C1. The maximum Gasteiger partial charge on any atom is 0.329 e. The fourth-order valence-corrected chi connectivity index (χ4v) is 1.81. The number of carboxylic acid groups (broad SMARTS) is 1. The second-order valence-electron chi connectivity index (χ2n) is 6.17. The average Bonchev–Trinajstić information content (AvgIpc) is 2.19. The van der Waals surface area contributed by atoms with Crippen LogP contribution in [0.3, 0.4) is 0 Å². The van der Waals surface area contributed by atoms with Crippen molar-refractivity contribution in [1.82, 2.24) is 4.90 Å². The largest absolute Gasteiger partial charge is 0.480 e. The zero-order valence-corrected chi connectivity index (χ0v) is 11.4. The van der Waals surface area contributed by atoms with Gasteiger partial charge in [0.25, 0.3) is 0 Å². The highest BCUT2D eigenvalue weighted by Crippen LogP contribution is 2.28. The van der Waals surface area contributed by atoms with Crippen LogP contribution < -0.4 is 5.73 Å². The number of hydrogen-bond donors (Lipinski definition) is 2. The molecule has 1 rings (SSSR count). The van der Waals surface area contributed by atoms with Crippen molar-refractivity contribution in [3.63, 3.8) is 0 Å². The first-order valence-corrected chi connectivity index (χ1v) is 5.95. The van der Waals surface area contributed by atoms with Crippen molar-refractivity contribution in [1.29, 1.82) is 0 Å². The number of carbonyl (C=O) groups is 2. The number of hydrogen-bond acceptors (Lipinski definition) is 4. The maximum absolute atomic E-state index is 12.0. The van der Waals surface area contributed by atoms with Crippen LogP contribution in [0.5, 0.6) is 0 Å². The summed E-state index contributed by atoms with van der Waals surface area (Å²) in [6.07, 6.45) is 0. The number of nitrogens with zero attached hydrogens (tertiary/aromatic N) is 1. The first-order chi connectivity index (χ1) is 8.05. The van der Waals surface area contributed by atoms with Gasteiger partial charge in [-0.3, -0.25) is 4.79 Å². The van der Waals surface area contributed by atoms with E-state index in [1.165, 1.54) is 0 Å². The summed E-state index contributed by atoms with van der Waals surface area (Å²) in [7, 11) is 0. The lowest BCUT2D eigenvalue weighted by atomic mass is 9.85. The molecule has 0 saturated carbocycles. The summed E-state index contributed by atoms with van der Waals surface area (Å²) in [5.74, 6) is -1.12. The Morgan fingerprint density at radius 1 is 1.44 bits per heavy atom. The van der Waals surface area contributed by atoms with Gasteiger partial charge in [0, 0.05) is 0 Å².